The summed E-state index contributed by atoms with van der Waals surface area (Å²) >= 11 is 5.97. The van der Waals surface area contributed by atoms with E-state index in [1.807, 2.05) is 30.3 Å². The van der Waals surface area contributed by atoms with E-state index in [0.717, 1.165) is 41.9 Å². The van der Waals surface area contributed by atoms with Gasteiger partial charge in [-0.15, -0.1) is 0 Å². The highest BCUT2D eigenvalue weighted by molar-refractivity contribution is 6.34. The highest BCUT2D eigenvalue weighted by Gasteiger charge is 2.40. The molecule has 2 atom stereocenters. The monoisotopic (exact) mass is 552 g/mol. The number of hydrogen-bond acceptors (Lipinski definition) is 1. The lowest BCUT2D eigenvalue weighted by Crippen LogP contribution is -3.00. The third kappa shape index (κ3) is 5.48. The number of nitrogens with one attached hydrogen (secondary N) is 1. The number of likely N-dealkylation sites (N-methyl/N-ethyl adjacent to an activating group) is 1. The Kier molecular flexibility index (Phi) is 8.21. The van der Waals surface area contributed by atoms with Crippen LogP contribution in [0.25, 0.3) is 0 Å². The van der Waals surface area contributed by atoms with Gasteiger partial charge < -0.3 is 33.8 Å². The van der Waals surface area contributed by atoms with Gasteiger partial charge in [0.25, 0.3) is 5.91 Å². The van der Waals surface area contributed by atoms with E-state index in [4.69, 9.17) is 11.6 Å². The van der Waals surface area contributed by atoms with Crippen LogP contribution in [0, 0.1) is 0 Å². The summed E-state index contributed by atoms with van der Waals surface area (Å²) in [5, 5.41) is 2.42. The summed E-state index contributed by atoms with van der Waals surface area (Å²) in [7, 11) is 4.26. The molecule has 0 radical (unpaired) electrons. The van der Waals surface area contributed by atoms with Gasteiger partial charge >= 0.3 is 6.18 Å². The van der Waals surface area contributed by atoms with Crippen LogP contribution in [0.4, 0.5) is 13.2 Å². The van der Waals surface area contributed by atoms with Crippen LogP contribution in [0.3, 0.4) is 0 Å². The minimum absolute atomic E-state index is 0. The van der Waals surface area contributed by atoms with Gasteiger partial charge in [-0.1, -0.05) is 48.0 Å². The van der Waals surface area contributed by atoms with E-state index in [-0.39, 0.29) is 41.6 Å². The molecule has 1 unspecified atom stereocenters. The number of benzene rings is 2. The third-order valence-corrected chi connectivity index (χ3v) is 6.17. The fraction of sp³-hybridized carbons (Fsp3) is 0.409. The van der Waals surface area contributed by atoms with Gasteiger partial charge in [0.05, 0.1) is 36.8 Å². The first kappa shape index (κ1) is 24.9. The second kappa shape index (κ2) is 9.87. The smallest absolute Gasteiger partial charge is 0.417 e. The van der Waals surface area contributed by atoms with Gasteiger partial charge in [0.1, 0.15) is 12.1 Å². The van der Waals surface area contributed by atoms with Crippen molar-refractivity contribution in [2.75, 3.05) is 20.6 Å². The quantitative estimate of drug-likeness (QED) is 0.459. The maximum Gasteiger partial charge on any atom is 0.417 e. The number of quaternary nitrogens is 1. The number of hydrogen-bond donors (Lipinski definition) is 1. The molecule has 3 rings (SSSR count). The molecule has 0 aliphatic carbocycles. The third-order valence-electron chi connectivity index (χ3n) is 5.76. The van der Waals surface area contributed by atoms with Crippen molar-refractivity contribution in [1.29, 1.82) is 0 Å². The van der Waals surface area contributed by atoms with E-state index in [1.165, 1.54) is 12.1 Å². The first-order valence-corrected chi connectivity index (χ1v) is 10.0. The zero-order valence-electron chi connectivity index (χ0n) is 16.8. The largest absolute Gasteiger partial charge is 1.00 e. The zero-order valence-corrected chi connectivity index (χ0v) is 19.8. The van der Waals surface area contributed by atoms with E-state index in [0.29, 0.717) is 0 Å². The van der Waals surface area contributed by atoms with Crippen LogP contribution in [-0.4, -0.2) is 37.1 Å². The first-order valence-electron chi connectivity index (χ1n) is 9.65. The van der Waals surface area contributed by atoms with Gasteiger partial charge in [-0.3, -0.25) is 4.79 Å². The van der Waals surface area contributed by atoms with E-state index >= 15 is 0 Å². The van der Waals surface area contributed by atoms with Crippen LogP contribution >= 0.6 is 11.6 Å². The summed E-state index contributed by atoms with van der Waals surface area (Å²) in [5.74, 6) is -0.597. The van der Waals surface area contributed by atoms with Crippen molar-refractivity contribution >= 4 is 17.5 Å². The lowest BCUT2D eigenvalue weighted by Gasteiger charge is -2.45. The Hall–Kier alpha value is -1.32. The number of carbonyl (C=O) groups excluding carboxylic acids is 1. The molecule has 0 spiro atoms. The standard InChI is InChI=1S/C22H24ClF3N2O.HI/c1-28(2)14-7-6-13-18(28)20(15-9-4-3-5-10-15)27-21(29)16-11-8-12-17(19(16)23)22(24,25)26;/h3-5,8-12,18,20H,6-7,13-14H2,1-2H3;1H/t18-,20?;/m0./s1. The van der Waals surface area contributed by atoms with Crippen LogP contribution in [0.2, 0.25) is 5.02 Å². The molecule has 0 saturated carbocycles. The molecule has 8 heteroatoms. The van der Waals surface area contributed by atoms with Gasteiger partial charge in [-0.05, 0) is 30.5 Å². The maximum absolute atomic E-state index is 13.2. The van der Waals surface area contributed by atoms with Crippen molar-refractivity contribution in [1.82, 2.24) is 5.32 Å². The minimum Gasteiger partial charge on any atom is -1.00 e. The second-order valence-electron chi connectivity index (χ2n) is 8.09. The van der Waals surface area contributed by atoms with Crippen LogP contribution in [0.1, 0.15) is 46.8 Å². The van der Waals surface area contributed by atoms with Crippen molar-refractivity contribution in [3.8, 4) is 0 Å². The Morgan fingerprint density at radius 2 is 1.77 bits per heavy atom. The Balaban J connectivity index is 0.00000320. The van der Waals surface area contributed by atoms with E-state index in [1.54, 1.807) is 0 Å². The molecular formula is C22H25ClF3IN2O. The number of nitrogens with zero attached hydrogens (tertiary/aromatic N) is 1. The summed E-state index contributed by atoms with van der Waals surface area (Å²) < 4.78 is 40.3. The Morgan fingerprint density at radius 1 is 1.10 bits per heavy atom. The highest BCUT2D eigenvalue weighted by Crippen LogP contribution is 2.37. The van der Waals surface area contributed by atoms with E-state index < -0.39 is 22.7 Å². The van der Waals surface area contributed by atoms with E-state index in [9.17, 15) is 18.0 Å². The van der Waals surface area contributed by atoms with Crippen LogP contribution in [0.15, 0.2) is 48.5 Å². The lowest BCUT2D eigenvalue weighted by atomic mass is 9.89. The number of likely N-dealkylation sites (tertiary alicyclic amines) is 1. The molecular weight excluding hydrogens is 528 g/mol. The first-order chi connectivity index (χ1) is 13.6. The lowest BCUT2D eigenvalue weighted by molar-refractivity contribution is -0.922. The molecule has 30 heavy (non-hydrogen) atoms. The molecule has 1 N–H and O–H groups in total. The SMILES string of the molecule is C[N+]1(C)CCCC[C@H]1C(NC(=O)c1cccc(C(F)(F)F)c1Cl)c1ccccc1.[I-]. The zero-order chi connectivity index (χ0) is 21.2. The summed E-state index contributed by atoms with van der Waals surface area (Å²) in [6.07, 6.45) is -1.54. The fourth-order valence-corrected chi connectivity index (χ4v) is 4.48. The Labute approximate surface area is 197 Å². The molecule has 1 saturated heterocycles. The molecule has 1 aliphatic heterocycles. The number of alkyl halides is 3. The van der Waals surface area contributed by atoms with Crippen LogP contribution in [-0.2, 0) is 6.18 Å². The second-order valence-corrected chi connectivity index (χ2v) is 8.47. The van der Waals surface area contributed by atoms with Crippen LogP contribution < -0.4 is 29.3 Å². The number of piperidine rings is 1. The predicted molar refractivity (Wildman–Crippen MR) is 108 cm³/mol. The van der Waals surface area contributed by atoms with Crippen molar-refractivity contribution in [2.24, 2.45) is 0 Å². The maximum atomic E-state index is 13.2. The van der Waals surface area contributed by atoms with Gasteiger partial charge in [-0.25, -0.2) is 0 Å². The summed E-state index contributed by atoms with van der Waals surface area (Å²) in [5.41, 5.74) is -0.234. The summed E-state index contributed by atoms with van der Waals surface area (Å²) in [4.78, 5) is 13.0. The molecule has 1 aliphatic rings. The number of amides is 1. The number of carbonyl (C=O) groups is 1. The molecule has 2 aromatic rings. The normalized spacial score (nSPS) is 19.5. The van der Waals surface area contributed by atoms with Crippen molar-refractivity contribution in [3.05, 3.63) is 70.2 Å². The molecule has 164 valence electrons. The highest BCUT2D eigenvalue weighted by atomic mass is 127. The van der Waals surface area contributed by atoms with Gasteiger partial charge in [0.2, 0.25) is 0 Å². The molecule has 1 fully saturated rings. The Morgan fingerprint density at radius 3 is 2.37 bits per heavy atom. The number of rotatable bonds is 4. The topological polar surface area (TPSA) is 29.1 Å². The average Bonchev–Trinajstić information content (AvgIpc) is 2.66. The summed E-state index contributed by atoms with van der Waals surface area (Å²) in [6, 6.07) is 12.8. The van der Waals surface area contributed by atoms with Gasteiger partial charge in [0.15, 0.2) is 0 Å². The van der Waals surface area contributed by atoms with E-state index in [2.05, 4.69) is 19.4 Å². The number of halogens is 5. The van der Waals surface area contributed by atoms with Crippen molar-refractivity contribution in [2.45, 2.75) is 37.5 Å². The molecule has 2 aromatic carbocycles. The average molecular weight is 553 g/mol. The molecule has 0 bridgehead atoms. The molecule has 1 heterocycles. The fourth-order valence-electron chi connectivity index (χ4n) is 4.17. The predicted octanol–water partition coefficient (Wildman–Crippen LogP) is 2.46. The van der Waals surface area contributed by atoms with Crippen molar-refractivity contribution in [3.63, 3.8) is 0 Å². The molecule has 0 aromatic heterocycles. The van der Waals surface area contributed by atoms with Crippen LogP contribution in [0.5, 0.6) is 0 Å². The van der Waals surface area contributed by atoms with Crippen molar-refractivity contribution < 1.29 is 46.4 Å². The van der Waals surface area contributed by atoms with Gasteiger partial charge in [0, 0.05) is 6.42 Å². The molecule has 3 nitrogen and oxygen atoms in total. The minimum atomic E-state index is -4.62. The summed E-state index contributed by atoms with van der Waals surface area (Å²) in [6.45, 7) is 0.980. The van der Waals surface area contributed by atoms with Gasteiger partial charge in [-0.2, -0.15) is 13.2 Å². The molecule has 1 amide bonds. The Bertz CT molecular complexity index is 874.